The summed E-state index contributed by atoms with van der Waals surface area (Å²) in [5.74, 6) is -1.83. The number of carbonyl (C=O) groups excluding carboxylic acids is 1. The Labute approximate surface area is 130 Å². The number of carbonyl (C=O) groups is 2. The normalized spacial score (nSPS) is 12.1. The molecule has 1 atom stereocenters. The Bertz CT molecular complexity index is 700. The van der Waals surface area contributed by atoms with Crippen molar-refractivity contribution in [1.29, 1.82) is 0 Å². The van der Waals surface area contributed by atoms with E-state index < -0.39 is 37.4 Å². The molecular weight excluding hydrogens is 308 g/mol. The predicted molar refractivity (Wildman–Crippen MR) is 79.6 cm³/mol. The fourth-order valence-electron chi connectivity index (χ4n) is 2.10. The minimum absolute atomic E-state index is 0.457. The number of amides is 1. The van der Waals surface area contributed by atoms with Gasteiger partial charge in [-0.3, -0.25) is 4.79 Å². The van der Waals surface area contributed by atoms with Crippen LogP contribution in [0.4, 0.5) is 8.78 Å². The number of carboxylic acid groups (broad SMARTS) is 1. The zero-order valence-electron chi connectivity index (χ0n) is 12.0. The second-order valence-corrected chi connectivity index (χ2v) is 4.85. The number of carboxylic acids is 1. The molecule has 0 bridgehead atoms. The van der Waals surface area contributed by atoms with Crippen molar-refractivity contribution < 1.29 is 28.2 Å². The standard InChI is InChI=1S/C16H15F2NO4/c17-14(18)8-12(16(21)22)19-15(20)9-23-13-7-3-5-10-4-1-2-6-11(10)13/h1-7,12,14H,8-9H2,(H,19,20)(H,21,22). The summed E-state index contributed by atoms with van der Waals surface area (Å²) in [6.45, 7) is -0.457. The molecule has 2 aromatic carbocycles. The fraction of sp³-hybridized carbons (Fsp3) is 0.250. The summed E-state index contributed by atoms with van der Waals surface area (Å²) in [7, 11) is 0. The van der Waals surface area contributed by atoms with E-state index in [0.717, 1.165) is 10.8 Å². The number of rotatable bonds is 7. The molecule has 5 nitrogen and oxygen atoms in total. The van der Waals surface area contributed by atoms with Crippen molar-refractivity contribution in [1.82, 2.24) is 5.32 Å². The van der Waals surface area contributed by atoms with E-state index in [-0.39, 0.29) is 0 Å². The van der Waals surface area contributed by atoms with E-state index in [1.165, 1.54) is 0 Å². The van der Waals surface area contributed by atoms with Crippen LogP contribution in [0.2, 0.25) is 0 Å². The Morgan fingerprint density at radius 2 is 1.83 bits per heavy atom. The van der Waals surface area contributed by atoms with Gasteiger partial charge in [0, 0.05) is 11.8 Å². The van der Waals surface area contributed by atoms with Crippen LogP contribution in [0, 0.1) is 0 Å². The Balaban J connectivity index is 1.99. The van der Waals surface area contributed by atoms with E-state index in [9.17, 15) is 18.4 Å². The van der Waals surface area contributed by atoms with E-state index >= 15 is 0 Å². The van der Waals surface area contributed by atoms with E-state index in [1.54, 1.807) is 12.1 Å². The van der Waals surface area contributed by atoms with Crippen molar-refractivity contribution in [2.75, 3.05) is 6.61 Å². The van der Waals surface area contributed by atoms with Gasteiger partial charge in [-0.05, 0) is 11.5 Å². The average molecular weight is 323 g/mol. The maximum Gasteiger partial charge on any atom is 0.326 e. The number of aliphatic carboxylic acids is 1. The third kappa shape index (κ3) is 4.64. The topological polar surface area (TPSA) is 75.6 Å². The highest BCUT2D eigenvalue weighted by molar-refractivity contribution is 5.89. The molecule has 0 aliphatic carbocycles. The highest BCUT2D eigenvalue weighted by atomic mass is 19.3. The minimum atomic E-state index is -2.82. The Kier molecular flexibility index (Phi) is 5.46. The molecule has 0 radical (unpaired) electrons. The summed E-state index contributed by atoms with van der Waals surface area (Å²) >= 11 is 0. The van der Waals surface area contributed by atoms with Crippen LogP contribution in [0.5, 0.6) is 5.75 Å². The molecule has 122 valence electrons. The Morgan fingerprint density at radius 3 is 2.52 bits per heavy atom. The molecule has 0 aliphatic rings. The number of alkyl halides is 2. The molecule has 2 N–H and O–H groups in total. The Morgan fingerprint density at radius 1 is 1.13 bits per heavy atom. The van der Waals surface area contributed by atoms with Gasteiger partial charge in [0.25, 0.3) is 5.91 Å². The molecule has 2 rings (SSSR count). The van der Waals surface area contributed by atoms with Crippen molar-refractivity contribution in [3.63, 3.8) is 0 Å². The number of nitrogens with one attached hydrogen (secondary N) is 1. The van der Waals surface area contributed by atoms with Gasteiger partial charge in [0.05, 0.1) is 0 Å². The zero-order chi connectivity index (χ0) is 16.8. The third-order valence-corrected chi connectivity index (χ3v) is 3.16. The summed E-state index contributed by atoms with van der Waals surface area (Å²) < 4.78 is 29.9. The van der Waals surface area contributed by atoms with Gasteiger partial charge < -0.3 is 15.2 Å². The molecule has 0 aliphatic heterocycles. The molecule has 7 heteroatoms. The van der Waals surface area contributed by atoms with Crippen LogP contribution in [-0.4, -0.2) is 36.1 Å². The average Bonchev–Trinajstić information content (AvgIpc) is 2.51. The van der Waals surface area contributed by atoms with Gasteiger partial charge in [-0.1, -0.05) is 36.4 Å². The first-order valence-corrected chi connectivity index (χ1v) is 6.88. The molecule has 23 heavy (non-hydrogen) atoms. The zero-order valence-corrected chi connectivity index (χ0v) is 12.0. The summed E-state index contributed by atoms with van der Waals surface area (Å²) in [4.78, 5) is 22.5. The number of hydrogen-bond donors (Lipinski definition) is 2. The molecular formula is C16H15F2NO4. The molecule has 0 spiro atoms. The lowest BCUT2D eigenvalue weighted by Crippen LogP contribution is -2.44. The molecule has 0 saturated heterocycles. The van der Waals surface area contributed by atoms with Gasteiger partial charge in [-0.25, -0.2) is 13.6 Å². The largest absolute Gasteiger partial charge is 0.483 e. The summed E-state index contributed by atoms with van der Waals surface area (Å²) in [6, 6.07) is 11.0. The van der Waals surface area contributed by atoms with Crippen LogP contribution < -0.4 is 10.1 Å². The molecule has 2 aromatic rings. The van der Waals surface area contributed by atoms with Crippen LogP contribution >= 0.6 is 0 Å². The number of benzene rings is 2. The number of fused-ring (bicyclic) bond motifs is 1. The lowest BCUT2D eigenvalue weighted by Gasteiger charge is -2.14. The highest BCUT2D eigenvalue weighted by Crippen LogP contribution is 2.24. The third-order valence-electron chi connectivity index (χ3n) is 3.16. The monoisotopic (exact) mass is 323 g/mol. The van der Waals surface area contributed by atoms with E-state index in [2.05, 4.69) is 0 Å². The van der Waals surface area contributed by atoms with Crippen molar-refractivity contribution in [2.24, 2.45) is 0 Å². The highest BCUT2D eigenvalue weighted by Gasteiger charge is 2.24. The maximum atomic E-state index is 12.3. The van der Waals surface area contributed by atoms with Crippen molar-refractivity contribution in [2.45, 2.75) is 18.9 Å². The van der Waals surface area contributed by atoms with Gasteiger partial charge in [-0.15, -0.1) is 0 Å². The Hall–Kier alpha value is -2.70. The van der Waals surface area contributed by atoms with Gasteiger partial charge in [0.15, 0.2) is 6.61 Å². The SMILES string of the molecule is O=C(COc1cccc2ccccc12)NC(CC(F)F)C(=O)O. The first-order chi connectivity index (χ1) is 11.0. The number of hydrogen-bond acceptors (Lipinski definition) is 3. The number of ether oxygens (including phenoxy) is 1. The van der Waals surface area contributed by atoms with Gasteiger partial charge in [0.2, 0.25) is 6.43 Å². The molecule has 0 saturated carbocycles. The lowest BCUT2D eigenvalue weighted by molar-refractivity contribution is -0.143. The van der Waals surface area contributed by atoms with Crippen molar-refractivity contribution >= 4 is 22.6 Å². The predicted octanol–water partition coefficient (Wildman–Crippen LogP) is 2.44. The van der Waals surface area contributed by atoms with Crippen LogP contribution in [0.15, 0.2) is 42.5 Å². The van der Waals surface area contributed by atoms with Crippen LogP contribution in [0.1, 0.15) is 6.42 Å². The fourth-order valence-corrected chi connectivity index (χ4v) is 2.10. The molecule has 0 fully saturated rings. The second kappa shape index (κ2) is 7.53. The van der Waals surface area contributed by atoms with E-state index in [0.29, 0.717) is 5.75 Å². The first-order valence-electron chi connectivity index (χ1n) is 6.88. The molecule has 1 amide bonds. The summed E-state index contributed by atoms with van der Waals surface area (Å²) in [5.41, 5.74) is 0. The summed E-state index contributed by atoms with van der Waals surface area (Å²) in [6.07, 6.45) is -3.77. The van der Waals surface area contributed by atoms with Gasteiger partial charge in [-0.2, -0.15) is 0 Å². The summed E-state index contributed by atoms with van der Waals surface area (Å²) in [5, 5.41) is 12.6. The molecule has 1 unspecified atom stereocenters. The quantitative estimate of drug-likeness (QED) is 0.820. The van der Waals surface area contributed by atoms with Gasteiger partial charge >= 0.3 is 5.97 Å². The smallest absolute Gasteiger partial charge is 0.326 e. The molecule has 0 aromatic heterocycles. The van der Waals surface area contributed by atoms with Gasteiger partial charge in [0.1, 0.15) is 11.8 Å². The van der Waals surface area contributed by atoms with Crippen LogP contribution in [-0.2, 0) is 9.59 Å². The van der Waals surface area contributed by atoms with Crippen molar-refractivity contribution in [3.8, 4) is 5.75 Å². The van der Waals surface area contributed by atoms with Crippen LogP contribution in [0.25, 0.3) is 10.8 Å². The lowest BCUT2D eigenvalue weighted by atomic mass is 10.1. The first kappa shape index (κ1) is 16.7. The number of halogens is 2. The minimum Gasteiger partial charge on any atom is -0.483 e. The van der Waals surface area contributed by atoms with E-state index in [4.69, 9.17) is 9.84 Å². The van der Waals surface area contributed by atoms with E-state index in [1.807, 2.05) is 35.6 Å². The molecule has 0 heterocycles. The van der Waals surface area contributed by atoms with Crippen LogP contribution in [0.3, 0.4) is 0 Å². The van der Waals surface area contributed by atoms with Crippen molar-refractivity contribution in [3.05, 3.63) is 42.5 Å². The maximum absolute atomic E-state index is 12.3. The second-order valence-electron chi connectivity index (χ2n) is 4.85.